The molecular formula is C14H33OSSn. The molecule has 0 aliphatic carbocycles. The van der Waals surface area contributed by atoms with E-state index >= 15 is 0 Å². The van der Waals surface area contributed by atoms with E-state index in [4.69, 9.17) is 5.11 Å². The second-order valence-corrected chi connectivity index (χ2v) is 13.5. The van der Waals surface area contributed by atoms with E-state index in [-0.39, 0.29) is 6.61 Å². The first kappa shape index (κ1) is 20.4. The van der Waals surface area contributed by atoms with E-state index in [9.17, 15) is 0 Å². The summed E-state index contributed by atoms with van der Waals surface area (Å²) in [5, 5.41) is 7.80. The van der Waals surface area contributed by atoms with Crippen molar-refractivity contribution in [2.45, 2.75) is 72.6 Å². The first-order valence-corrected chi connectivity index (χ1v) is 14.0. The number of rotatable bonds is 10. The average Bonchev–Trinajstić information content (AvgIpc) is 2.38. The molecule has 3 heteroatoms. The molecule has 0 saturated carbocycles. The molecule has 0 aromatic rings. The summed E-state index contributed by atoms with van der Waals surface area (Å²) in [6.07, 6.45) is 8.85. The van der Waals surface area contributed by atoms with E-state index < -0.39 is 19.8 Å². The molecule has 0 unspecified atom stereocenters. The predicted octanol–water partition coefficient (Wildman–Crippen LogP) is 4.79. The van der Waals surface area contributed by atoms with Crippen LogP contribution in [-0.4, -0.2) is 37.2 Å². The summed E-state index contributed by atoms with van der Waals surface area (Å²) in [4.78, 5) is 0. The van der Waals surface area contributed by atoms with Gasteiger partial charge in [-0.15, -0.1) is 0 Å². The van der Waals surface area contributed by atoms with Crippen molar-refractivity contribution in [1.29, 1.82) is 0 Å². The second-order valence-electron chi connectivity index (χ2n) is 4.51. The number of hydrogen-bond donors (Lipinski definition) is 2. The first-order chi connectivity index (χ1) is 8.26. The predicted molar refractivity (Wildman–Crippen MR) is 85.8 cm³/mol. The third kappa shape index (κ3) is 19.6. The molecule has 0 aliphatic heterocycles. The SMILES string of the molecule is CCC[CH2][Sn]([CH2]CCC)[CH2]CCC.OCCS. The Balaban J connectivity index is 0. The second kappa shape index (κ2) is 19.4. The van der Waals surface area contributed by atoms with Crippen LogP contribution in [0, 0.1) is 0 Å². The zero-order valence-electron chi connectivity index (χ0n) is 12.2. The molecule has 0 fully saturated rings. The largest absolute Gasteiger partial charge is 0.396 e. The van der Waals surface area contributed by atoms with Crippen LogP contribution < -0.4 is 0 Å². The van der Waals surface area contributed by atoms with Crippen LogP contribution in [0.1, 0.15) is 59.3 Å². The van der Waals surface area contributed by atoms with Crippen LogP contribution in [0.15, 0.2) is 0 Å². The van der Waals surface area contributed by atoms with Crippen LogP contribution in [0.5, 0.6) is 0 Å². The number of aliphatic hydroxyl groups excluding tert-OH is 1. The zero-order chi connectivity index (χ0) is 13.4. The van der Waals surface area contributed by atoms with Gasteiger partial charge in [0.15, 0.2) is 0 Å². The van der Waals surface area contributed by atoms with Crippen molar-refractivity contribution in [3.8, 4) is 0 Å². The van der Waals surface area contributed by atoms with E-state index in [0.29, 0.717) is 5.75 Å². The molecule has 0 aromatic carbocycles. The van der Waals surface area contributed by atoms with Crippen molar-refractivity contribution in [3.63, 3.8) is 0 Å². The van der Waals surface area contributed by atoms with Gasteiger partial charge >= 0.3 is 92.4 Å². The van der Waals surface area contributed by atoms with Gasteiger partial charge in [-0.2, -0.15) is 12.6 Å². The summed E-state index contributed by atoms with van der Waals surface area (Å²) < 4.78 is 5.04. The molecule has 17 heavy (non-hydrogen) atoms. The van der Waals surface area contributed by atoms with Gasteiger partial charge in [0.1, 0.15) is 0 Å². The fourth-order valence-electron chi connectivity index (χ4n) is 1.66. The molecule has 1 nitrogen and oxygen atoms in total. The van der Waals surface area contributed by atoms with Crippen LogP contribution in [0.2, 0.25) is 13.3 Å². The van der Waals surface area contributed by atoms with E-state index in [1.54, 1.807) is 13.3 Å². The molecule has 0 bridgehead atoms. The molecule has 1 radical (unpaired) electrons. The topological polar surface area (TPSA) is 20.2 Å². The number of unbranched alkanes of at least 4 members (excludes halogenated alkanes) is 3. The van der Waals surface area contributed by atoms with Crippen LogP contribution in [0.25, 0.3) is 0 Å². The monoisotopic (exact) mass is 369 g/mol. The summed E-state index contributed by atoms with van der Waals surface area (Å²) in [5.74, 6) is 0.569. The molecule has 0 heterocycles. The third-order valence-electron chi connectivity index (χ3n) is 2.75. The van der Waals surface area contributed by atoms with Crippen LogP contribution >= 0.6 is 12.6 Å². The molecule has 0 aromatic heterocycles. The summed E-state index contributed by atoms with van der Waals surface area (Å²) in [6.45, 7) is 7.18. The molecule has 0 aliphatic rings. The average molecular weight is 368 g/mol. The van der Waals surface area contributed by atoms with E-state index in [1.807, 2.05) is 0 Å². The Kier molecular flexibility index (Phi) is 23.4. The van der Waals surface area contributed by atoms with Gasteiger partial charge in [-0.25, -0.2) is 0 Å². The van der Waals surface area contributed by atoms with Crippen LogP contribution in [-0.2, 0) is 0 Å². The van der Waals surface area contributed by atoms with Crippen molar-refractivity contribution in [2.24, 2.45) is 0 Å². The zero-order valence-corrected chi connectivity index (χ0v) is 15.9. The summed E-state index contributed by atoms with van der Waals surface area (Å²) in [5.41, 5.74) is 0. The van der Waals surface area contributed by atoms with Gasteiger partial charge in [0.05, 0.1) is 6.61 Å². The van der Waals surface area contributed by atoms with Gasteiger partial charge in [-0.05, 0) is 0 Å². The Morgan fingerprint density at radius 2 is 1.12 bits per heavy atom. The Hall–Kier alpha value is 1.11. The molecule has 1 N–H and O–H groups in total. The molecule has 0 spiro atoms. The molecule has 105 valence electrons. The Labute approximate surface area is 122 Å². The summed E-state index contributed by atoms with van der Waals surface area (Å²) >= 11 is 2.83. The Bertz CT molecular complexity index is 102. The van der Waals surface area contributed by atoms with Crippen molar-refractivity contribution >= 4 is 32.4 Å². The normalized spacial score (nSPS) is 10.2. The van der Waals surface area contributed by atoms with E-state index in [0.717, 1.165) is 0 Å². The maximum Gasteiger partial charge on any atom is 0.0519 e. The maximum absolute atomic E-state index is 7.80. The molecular weight excluding hydrogens is 335 g/mol. The van der Waals surface area contributed by atoms with Gasteiger partial charge in [-0.3, -0.25) is 0 Å². The van der Waals surface area contributed by atoms with Gasteiger partial charge < -0.3 is 5.11 Å². The van der Waals surface area contributed by atoms with Crippen molar-refractivity contribution in [2.75, 3.05) is 12.4 Å². The number of thiol groups is 1. The number of aliphatic hydroxyl groups is 1. The minimum Gasteiger partial charge on any atom is -0.396 e. The standard InChI is InChI=1S/3C4H9.C2H6OS.Sn/c3*1-3-4-2;3-1-2-4;/h3*1,3-4H2,2H3;3-4H,1-2H2;. The first-order valence-electron chi connectivity index (χ1n) is 7.31. The van der Waals surface area contributed by atoms with Crippen molar-refractivity contribution < 1.29 is 5.11 Å². The van der Waals surface area contributed by atoms with E-state index in [1.165, 1.54) is 38.5 Å². The van der Waals surface area contributed by atoms with Crippen molar-refractivity contribution in [1.82, 2.24) is 0 Å². The van der Waals surface area contributed by atoms with Gasteiger partial charge in [-0.1, -0.05) is 0 Å². The number of hydrogen-bond acceptors (Lipinski definition) is 2. The Morgan fingerprint density at radius 3 is 1.29 bits per heavy atom. The van der Waals surface area contributed by atoms with Gasteiger partial charge in [0.25, 0.3) is 0 Å². The van der Waals surface area contributed by atoms with Gasteiger partial charge in [0, 0.05) is 5.75 Å². The molecule has 0 saturated heterocycles. The maximum atomic E-state index is 7.80. The summed E-state index contributed by atoms with van der Waals surface area (Å²) in [6, 6.07) is 0. The Morgan fingerprint density at radius 1 is 0.824 bits per heavy atom. The van der Waals surface area contributed by atoms with Crippen LogP contribution in [0.3, 0.4) is 0 Å². The third-order valence-corrected chi connectivity index (χ3v) is 12.0. The minimum absolute atomic E-state index is 0.184. The van der Waals surface area contributed by atoms with Crippen molar-refractivity contribution in [3.05, 3.63) is 0 Å². The fraction of sp³-hybridized carbons (Fsp3) is 1.00. The quantitative estimate of drug-likeness (QED) is 0.420. The molecule has 0 atom stereocenters. The smallest absolute Gasteiger partial charge is 0.0519 e. The minimum atomic E-state index is -0.839. The van der Waals surface area contributed by atoms with E-state index in [2.05, 4.69) is 33.4 Å². The van der Waals surface area contributed by atoms with Gasteiger partial charge in [0.2, 0.25) is 0 Å². The fourth-order valence-corrected chi connectivity index (χ4v) is 11.1. The molecule has 0 amide bonds. The summed E-state index contributed by atoms with van der Waals surface area (Å²) in [7, 11) is 0. The molecule has 0 rings (SSSR count). The van der Waals surface area contributed by atoms with Crippen LogP contribution in [0.4, 0.5) is 0 Å².